The molecule has 7 atom stereocenters. The summed E-state index contributed by atoms with van der Waals surface area (Å²) in [5, 5.41) is 0. The van der Waals surface area contributed by atoms with E-state index in [-0.39, 0.29) is 0 Å². The average Bonchev–Trinajstić information content (AvgIpc) is 3.21. The summed E-state index contributed by atoms with van der Waals surface area (Å²) in [5.41, 5.74) is 4.74. The van der Waals surface area contributed by atoms with Crippen LogP contribution in [0.2, 0.25) is 0 Å². The SMILES string of the molecule is C/C=C(\CCC(C)C1CCC2C3CCC4=CCCC4(C)C3CCC12C)C(C)C. The summed E-state index contributed by atoms with van der Waals surface area (Å²) >= 11 is 0. The highest BCUT2D eigenvalue weighted by atomic mass is 14.6. The van der Waals surface area contributed by atoms with E-state index in [1.807, 2.05) is 5.57 Å². The van der Waals surface area contributed by atoms with Gasteiger partial charge < -0.3 is 0 Å². The number of hydrogen-bond acceptors (Lipinski definition) is 0. The topological polar surface area (TPSA) is 0 Å². The first-order valence-electron chi connectivity index (χ1n) is 12.7. The smallest absolute Gasteiger partial charge is 0.00825 e. The second-order valence-corrected chi connectivity index (χ2v) is 11.9. The summed E-state index contributed by atoms with van der Waals surface area (Å²) in [6, 6.07) is 0. The van der Waals surface area contributed by atoms with Crippen molar-refractivity contribution in [2.24, 2.45) is 46.3 Å². The van der Waals surface area contributed by atoms with Crippen LogP contribution in [0.15, 0.2) is 23.3 Å². The molecule has 0 heteroatoms. The van der Waals surface area contributed by atoms with Gasteiger partial charge in [-0.2, -0.15) is 0 Å². The molecule has 4 rings (SSSR count). The molecule has 158 valence electrons. The van der Waals surface area contributed by atoms with Gasteiger partial charge in [0.25, 0.3) is 0 Å². The van der Waals surface area contributed by atoms with Gasteiger partial charge in [0, 0.05) is 0 Å². The van der Waals surface area contributed by atoms with Gasteiger partial charge in [-0.25, -0.2) is 0 Å². The Kier molecular flexibility index (Phi) is 5.65. The Balaban J connectivity index is 1.47. The van der Waals surface area contributed by atoms with Crippen LogP contribution in [-0.2, 0) is 0 Å². The van der Waals surface area contributed by atoms with Crippen molar-refractivity contribution in [3.63, 3.8) is 0 Å². The molecule has 0 aliphatic heterocycles. The van der Waals surface area contributed by atoms with E-state index < -0.39 is 0 Å². The zero-order valence-electron chi connectivity index (χ0n) is 19.7. The highest BCUT2D eigenvalue weighted by Crippen LogP contribution is 2.68. The van der Waals surface area contributed by atoms with Crippen molar-refractivity contribution in [3.8, 4) is 0 Å². The molecule has 0 aromatic carbocycles. The zero-order valence-corrected chi connectivity index (χ0v) is 19.7. The van der Waals surface area contributed by atoms with Crippen molar-refractivity contribution in [2.45, 2.75) is 106 Å². The summed E-state index contributed by atoms with van der Waals surface area (Å²) in [5.74, 6) is 5.62. The molecule has 28 heavy (non-hydrogen) atoms. The van der Waals surface area contributed by atoms with Gasteiger partial charge in [-0.15, -0.1) is 0 Å². The Morgan fingerprint density at radius 3 is 2.57 bits per heavy atom. The molecule has 4 aliphatic carbocycles. The van der Waals surface area contributed by atoms with Crippen LogP contribution < -0.4 is 0 Å². The van der Waals surface area contributed by atoms with Crippen LogP contribution >= 0.6 is 0 Å². The highest BCUT2D eigenvalue weighted by molar-refractivity contribution is 5.25. The van der Waals surface area contributed by atoms with E-state index in [0.29, 0.717) is 10.8 Å². The molecule has 7 unspecified atom stereocenters. The molecule has 4 aliphatic rings. The highest BCUT2D eigenvalue weighted by Gasteiger charge is 2.59. The Hall–Kier alpha value is -0.520. The first kappa shape index (κ1) is 20.7. The predicted molar refractivity (Wildman–Crippen MR) is 122 cm³/mol. The Labute approximate surface area is 175 Å². The maximum absolute atomic E-state index is 2.73. The maximum Gasteiger partial charge on any atom is -0.00825 e. The minimum Gasteiger partial charge on any atom is -0.0882 e. The molecule has 0 spiro atoms. The quantitative estimate of drug-likeness (QED) is 0.418. The molecule has 0 radical (unpaired) electrons. The predicted octanol–water partition coefficient (Wildman–Crippen LogP) is 8.58. The van der Waals surface area contributed by atoms with Crippen LogP contribution in [0.5, 0.6) is 0 Å². The number of allylic oxidation sites excluding steroid dienone is 4. The summed E-state index contributed by atoms with van der Waals surface area (Å²) in [6.07, 6.45) is 19.5. The molecule has 0 aromatic heterocycles. The molecule has 0 N–H and O–H groups in total. The Morgan fingerprint density at radius 2 is 1.86 bits per heavy atom. The molecule has 0 heterocycles. The molecule has 0 nitrogen and oxygen atoms in total. The first-order chi connectivity index (χ1) is 13.3. The third-order valence-electron chi connectivity index (χ3n) is 10.6. The number of fused-ring (bicyclic) bond motifs is 5. The third-order valence-corrected chi connectivity index (χ3v) is 10.6. The largest absolute Gasteiger partial charge is 0.0882 e. The molecular weight excluding hydrogens is 336 g/mol. The lowest BCUT2D eigenvalue weighted by Crippen LogP contribution is -2.49. The van der Waals surface area contributed by atoms with E-state index in [9.17, 15) is 0 Å². The molecule has 0 saturated heterocycles. The molecule has 0 aromatic rings. The monoisotopic (exact) mass is 382 g/mol. The van der Waals surface area contributed by atoms with Crippen molar-refractivity contribution >= 4 is 0 Å². The van der Waals surface area contributed by atoms with Crippen LogP contribution in [0.1, 0.15) is 106 Å². The van der Waals surface area contributed by atoms with E-state index in [0.717, 1.165) is 35.5 Å². The number of rotatable bonds is 5. The van der Waals surface area contributed by atoms with Gasteiger partial charge in [-0.1, -0.05) is 57.9 Å². The van der Waals surface area contributed by atoms with Gasteiger partial charge in [0.15, 0.2) is 0 Å². The standard InChI is InChI=1S/C28H46/c1-7-21(19(2)3)11-10-20(4)24-14-15-25-23-13-12-22-9-8-17-27(22,5)26(23)16-18-28(24,25)6/h7,9,19-20,23-26H,8,10-18H2,1-6H3/b21-7+. The van der Waals surface area contributed by atoms with Crippen molar-refractivity contribution in [1.82, 2.24) is 0 Å². The van der Waals surface area contributed by atoms with Gasteiger partial charge in [0.1, 0.15) is 0 Å². The summed E-state index contributed by atoms with van der Waals surface area (Å²) in [4.78, 5) is 0. The fourth-order valence-corrected chi connectivity index (χ4v) is 8.89. The van der Waals surface area contributed by atoms with Crippen LogP contribution in [0.4, 0.5) is 0 Å². The maximum atomic E-state index is 2.73. The van der Waals surface area contributed by atoms with Gasteiger partial charge in [0.05, 0.1) is 0 Å². The molecule has 3 saturated carbocycles. The summed E-state index contributed by atoms with van der Waals surface area (Å²) in [7, 11) is 0. The van der Waals surface area contributed by atoms with Crippen molar-refractivity contribution in [2.75, 3.05) is 0 Å². The molecule has 0 bridgehead atoms. The van der Waals surface area contributed by atoms with E-state index in [1.165, 1.54) is 64.2 Å². The van der Waals surface area contributed by atoms with Gasteiger partial charge in [-0.3, -0.25) is 0 Å². The fraction of sp³-hybridized carbons (Fsp3) is 0.857. The van der Waals surface area contributed by atoms with Crippen LogP contribution in [0, 0.1) is 46.3 Å². The number of hydrogen-bond donors (Lipinski definition) is 0. The molecular formula is C28H46. The lowest BCUT2D eigenvalue weighted by atomic mass is 9.48. The lowest BCUT2D eigenvalue weighted by molar-refractivity contribution is -0.0540. The first-order valence-corrected chi connectivity index (χ1v) is 12.7. The van der Waals surface area contributed by atoms with Crippen molar-refractivity contribution < 1.29 is 0 Å². The normalized spacial score (nSPS) is 44.1. The Morgan fingerprint density at radius 1 is 1.07 bits per heavy atom. The van der Waals surface area contributed by atoms with E-state index in [1.54, 1.807) is 5.57 Å². The minimum atomic E-state index is 0.575. The van der Waals surface area contributed by atoms with E-state index in [2.05, 4.69) is 53.7 Å². The van der Waals surface area contributed by atoms with Gasteiger partial charge >= 0.3 is 0 Å². The van der Waals surface area contributed by atoms with Crippen LogP contribution in [0.3, 0.4) is 0 Å². The minimum absolute atomic E-state index is 0.575. The summed E-state index contributed by atoms with van der Waals surface area (Å²) in [6.45, 7) is 14.9. The molecule has 3 fully saturated rings. The van der Waals surface area contributed by atoms with E-state index >= 15 is 0 Å². The van der Waals surface area contributed by atoms with Crippen molar-refractivity contribution in [1.29, 1.82) is 0 Å². The second kappa shape index (κ2) is 7.63. The van der Waals surface area contributed by atoms with E-state index in [4.69, 9.17) is 0 Å². The zero-order chi connectivity index (χ0) is 20.1. The van der Waals surface area contributed by atoms with Gasteiger partial charge in [-0.05, 0) is 117 Å². The van der Waals surface area contributed by atoms with Gasteiger partial charge in [0.2, 0.25) is 0 Å². The molecule has 0 amide bonds. The third kappa shape index (κ3) is 3.16. The Bertz CT molecular complexity index is 636. The second-order valence-electron chi connectivity index (χ2n) is 11.9. The van der Waals surface area contributed by atoms with Crippen LogP contribution in [0.25, 0.3) is 0 Å². The lowest BCUT2D eigenvalue weighted by Gasteiger charge is -2.57. The fourth-order valence-electron chi connectivity index (χ4n) is 8.89. The van der Waals surface area contributed by atoms with Crippen LogP contribution in [-0.4, -0.2) is 0 Å². The average molecular weight is 383 g/mol. The van der Waals surface area contributed by atoms with Crippen molar-refractivity contribution in [3.05, 3.63) is 23.3 Å². The summed E-state index contributed by atoms with van der Waals surface area (Å²) < 4.78 is 0.